The average molecular weight is 262 g/mol. The number of hydrogen-bond acceptors (Lipinski definition) is 3. The quantitative estimate of drug-likeness (QED) is 0.883. The maximum absolute atomic E-state index is 5.19. The van der Waals surface area contributed by atoms with E-state index in [0.29, 0.717) is 6.04 Å². The highest BCUT2D eigenvalue weighted by molar-refractivity contribution is 5.28. The normalized spacial score (nSPS) is 19.3. The average Bonchev–Trinajstić information content (AvgIpc) is 2.46. The van der Waals surface area contributed by atoms with E-state index in [2.05, 4.69) is 36.3 Å². The van der Waals surface area contributed by atoms with Crippen LogP contribution in [0.1, 0.15) is 31.4 Å². The van der Waals surface area contributed by atoms with Crippen molar-refractivity contribution in [2.45, 2.75) is 25.8 Å². The van der Waals surface area contributed by atoms with Crippen molar-refractivity contribution in [2.24, 2.45) is 5.92 Å². The summed E-state index contributed by atoms with van der Waals surface area (Å²) in [5, 5.41) is 3.66. The molecule has 19 heavy (non-hydrogen) atoms. The number of piperidine rings is 1. The lowest BCUT2D eigenvalue weighted by Gasteiger charge is -2.30. The van der Waals surface area contributed by atoms with Crippen LogP contribution in [0.15, 0.2) is 24.3 Å². The third kappa shape index (κ3) is 4.22. The largest absolute Gasteiger partial charge is 0.497 e. The zero-order chi connectivity index (χ0) is 13.7. The molecule has 1 aliphatic rings. The molecule has 0 spiro atoms. The van der Waals surface area contributed by atoms with Crippen molar-refractivity contribution >= 4 is 0 Å². The molecular weight excluding hydrogens is 236 g/mol. The van der Waals surface area contributed by atoms with E-state index in [1.807, 2.05) is 12.1 Å². The molecule has 0 amide bonds. The van der Waals surface area contributed by atoms with E-state index in [9.17, 15) is 0 Å². The molecule has 1 fully saturated rings. The van der Waals surface area contributed by atoms with Crippen molar-refractivity contribution in [3.8, 4) is 5.75 Å². The molecule has 1 atom stereocenters. The monoisotopic (exact) mass is 262 g/mol. The van der Waals surface area contributed by atoms with Crippen molar-refractivity contribution in [1.29, 1.82) is 0 Å². The third-order valence-corrected chi connectivity index (χ3v) is 4.17. The van der Waals surface area contributed by atoms with Gasteiger partial charge in [0.1, 0.15) is 5.75 Å². The predicted octanol–water partition coefficient (Wildman–Crippen LogP) is 2.69. The summed E-state index contributed by atoms with van der Waals surface area (Å²) in [5.41, 5.74) is 1.33. The lowest BCUT2D eigenvalue weighted by molar-refractivity contribution is 0.213. The van der Waals surface area contributed by atoms with Gasteiger partial charge >= 0.3 is 0 Å². The van der Waals surface area contributed by atoms with Crippen molar-refractivity contribution in [3.63, 3.8) is 0 Å². The van der Waals surface area contributed by atoms with Crippen LogP contribution in [0.4, 0.5) is 0 Å². The molecule has 0 saturated carbocycles. The number of likely N-dealkylation sites (tertiary alicyclic amines) is 1. The molecule has 1 aliphatic heterocycles. The fourth-order valence-corrected chi connectivity index (χ4v) is 2.62. The van der Waals surface area contributed by atoms with Crippen LogP contribution in [-0.2, 0) is 0 Å². The number of ether oxygens (including phenoxy) is 1. The molecule has 1 heterocycles. The number of benzene rings is 1. The highest BCUT2D eigenvalue weighted by Crippen LogP contribution is 2.19. The van der Waals surface area contributed by atoms with Crippen LogP contribution in [0.2, 0.25) is 0 Å². The van der Waals surface area contributed by atoms with Gasteiger partial charge in [-0.15, -0.1) is 0 Å². The highest BCUT2D eigenvalue weighted by Gasteiger charge is 2.17. The molecule has 1 unspecified atom stereocenters. The summed E-state index contributed by atoms with van der Waals surface area (Å²) in [6.45, 7) is 5.84. The number of hydrogen-bond donors (Lipinski definition) is 1. The van der Waals surface area contributed by atoms with Gasteiger partial charge in [-0.25, -0.2) is 0 Å². The summed E-state index contributed by atoms with van der Waals surface area (Å²) in [7, 11) is 3.92. The lowest BCUT2D eigenvalue weighted by atomic mass is 9.96. The number of methoxy groups -OCH3 is 1. The zero-order valence-electron chi connectivity index (χ0n) is 12.4. The first-order valence-electron chi connectivity index (χ1n) is 7.25. The fraction of sp³-hybridized carbons (Fsp3) is 0.625. The smallest absolute Gasteiger partial charge is 0.118 e. The van der Waals surface area contributed by atoms with Crippen molar-refractivity contribution in [2.75, 3.05) is 33.8 Å². The van der Waals surface area contributed by atoms with Gasteiger partial charge < -0.3 is 15.0 Å². The molecule has 0 bridgehead atoms. The summed E-state index contributed by atoms with van der Waals surface area (Å²) in [6, 6.07) is 8.76. The lowest BCUT2D eigenvalue weighted by Crippen LogP contribution is -2.35. The maximum atomic E-state index is 5.19. The van der Waals surface area contributed by atoms with Gasteiger partial charge in [0.05, 0.1) is 7.11 Å². The molecular formula is C16H26N2O. The Balaban J connectivity index is 1.78. The summed E-state index contributed by atoms with van der Waals surface area (Å²) in [4.78, 5) is 2.42. The molecule has 2 rings (SSSR count). The molecule has 0 radical (unpaired) electrons. The minimum atomic E-state index is 0.408. The molecule has 0 aliphatic carbocycles. The number of rotatable bonds is 5. The summed E-state index contributed by atoms with van der Waals surface area (Å²) in [5.74, 6) is 1.75. The Kier molecular flexibility index (Phi) is 5.23. The standard InChI is InChI=1S/C16H26N2O/c1-13(15-4-6-16(19-3)7-5-15)17-12-14-8-10-18(2)11-9-14/h4-7,13-14,17H,8-12H2,1-3H3. The van der Waals surface area contributed by atoms with Gasteiger partial charge in [-0.3, -0.25) is 0 Å². The maximum Gasteiger partial charge on any atom is 0.118 e. The SMILES string of the molecule is COc1ccc(C(C)NCC2CCN(C)CC2)cc1. The molecule has 3 heteroatoms. The minimum Gasteiger partial charge on any atom is -0.497 e. The van der Waals surface area contributed by atoms with E-state index in [4.69, 9.17) is 4.74 Å². The van der Waals surface area contributed by atoms with E-state index in [0.717, 1.165) is 18.2 Å². The molecule has 106 valence electrons. The first-order chi connectivity index (χ1) is 9.19. The van der Waals surface area contributed by atoms with Gasteiger partial charge in [-0.1, -0.05) is 12.1 Å². The summed E-state index contributed by atoms with van der Waals surface area (Å²) in [6.07, 6.45) is 2.64. The highest BCUT2D eigenvalue weighted by atomic mass is 16.5. The molecule has 1 aromatic carbocycles. The molecule has 0 aromatic heterocycles. The van der Waals surface area contributed by atoms with Crippen LogP contribution >= 0.6 is 0 Å². The Hall–Kier alpha value is -1.06. The molecule has 1 N–H and O–H groups in total. The predicted molar refractivity (Wildman–Crippen MR) is 79.6 cm³/mol. The van der Waals surface area contributed by atoms with Crippen LogP contribution < -0.4 is 10.1 Å². The van der Waals surface area contributed by atoms with Gasteiger partial charge in [0, 0.05) is 6.04 Å². The first-order valence-corrected chi connectivity index (χ1v) is 7.25. The second kappa shape index (κ2) is 6.92. The second-order valence-corrected chi connectivity index (χ2v) is 5.65. The van der Waals surface area contributed by atoms with E-state index < -0.39 is 0 Å². The molecule has 1 saturated heterocycles. The van der Waals surface area contributed by atoms with Crippen LogP contribution in [0.3, 0.4) is 0 Å². The Morgan fingerprint density at radius 3 is 2.47 bits per heavy atom. The summed E-state index contributed by atoms with van der Waals surface area (Å²) < 4.78 is 5.19. The van der Waals surface area contributed by atoms with Crippen LogP contribution in [0, 0.1) is 5.92 Å². The van der Waals surface area contributed by atoms with Gasteiger partial charge in [-0.2, -0.15) is 0 Å². The van der Waals surface area contributed by atoms with Crippen LogP contribution in [0.25, 0.3) is 0 Å². The topological polar surface area (TPSA) is 24.5 Å². The number of nitrogens with one attached hydrogen (secondary N) is 1. The fourth-order valence-electron chi connectivity index (χ4n) is 2.62. The van der Waals surface area contributed by atoms with Gasteiger partial charge in [0.25, 0.3) is 0 Å². The summed E-state index contributed by atoms with van der Waals surface area (Å²) >= 11 is 0. The van der Waals surface area contributed by atoms with E-state index in [1.165, 1.54) is 31.5 Å². The Bertz CT molecular complexity index is 369. The van der Waals surface area contributed by atoms with Crippen molar-refractivity contribution in [1.82, 2.24) is 10.2 Å². The van der Waals surface area contributed by atoms with Crippen LogP contribution in [-0.4, -0.2) is 38.7 Å². The van der Waals surface area contributed by atoms with Crippen LogP contribution in [0.5, 0.6) is 5.75 Å². The first kappa shape index (κ1) is 14.4. The second-order valence-electron chi connectivity index (χ2n) is 5.65. The van der Waals surface area contributed by atoms with Gasteiger partial charge in [0.15, 0.2) is 0 Å². The van der Waals surface area contributed by atoms with E-state index in [1.54, 1.807) is 7.11 Å². The molecule has 1 aromatic rings. The third-order valence-electron chi connectivity index (χ3n) is 4.17. The Morgan fingerprint density at radius 2 is 1.89 bits per heavy atom. The minimum absolute atomic E-state index is 0.408. The van der Waals surface area contributed by atoms with E-state index >= 15 is 0 Å². The zero-order valence-corrected chi connectivity index (χ0v) is 12.4. The Labute approximate surface area is 116 Å². The van der Waals surface area contributed by atoms with Crippen molar-refractivity contribution in [3.05, 3.63) is 29.8 Å². The molecule has 3 nitrogen and oxygen atoms in total. The Morgan fingerprint density at radius 1 is 1.26 bits per heavy atom. The van der Waals surface area contributed by atoms with Crippen molar-refractivity contribution < 1.29 is 4.74 Å². The van der Waals surface area contributed by atoms with E-state index in [-0.39, 0.29) is 0 Å². The van der Waals surface area contributed by atoms with Gasteiger partial charge in [-0.05, 0) is 70.1 Å². The van der Waals surface area contributed by atoms with Gasteiger partial charge in [0.2, 0.25) is 0 Å². The number of nitrogens with zero attached hydrogens (tertiary/aromatic N) is 1.